The van der Waals surface area contributed by atoms with Crippen LogP contribution >= 0.6 is 0 Å². The van der Waals surface area contributed by atoms with Gasteiger partial charge in [-0.15, -0.1) is 0 Å². The van der Waals surface area contributed by atoms with Crippen molar-refractivity contribution in [3.8, 4) is 23.0 Å². The third-order valence-corrected chi connectivity index (χ3v) is 2.47. The zero-order valence-electron chi connectivity index (χ0n) is 8.79. The van der Waals surface area contributed by atoms with Crippen molar-refractivity contribution >= 4 is 11.1 Å². The van der Waals surface area contributed by atoms with Gasteiger partial charge in [0.1, 0.15) is 17.0 Å². The summed E-state index contributed by atoms with van der Waals surface area (Å²) in [6, 6.07) is 11.4. The molecule has 0 bridgehead atoms. The second-order valence-corrected chi connectivity index (χ2v) is 3.72. The summed E-state index contributed by atoms with van der Waals surface area (Å²) in [5.74, 6) is 0.713. The van der Waals surface area contributed by atoms with Crippen LogP contribution in [0.1, 0.15) is 0 Å². The highest BCUT2D eigenvalue weighted by Gasteiger charge is 2.08. The fourth-order valence-corrected chi connectivity index (χ4v) is 1.68. The maximum atomic E-state index is 9.38. The van der Waals surface area contributed by atoms with Crippen molar-refractivity contribution in [2.75, 3.05) is 0 Å². The Bertz CT molecular complexity index is 688. The van der Waals surface area contributed by atoms with E-state index >= 15 is 0 Å². The van der Waals surface area contributed by atoms with Crippen molar-refractivity contribution in [2.24, 2.45) is 0 Å². The molecule has 3 aromatic rings. The Kier molecular flexibility index (Phi) is 2.01. The van der Waals surface area contributed by atoms with Crippen LogP contribution in [0.3, 0.4) is 0 Å². The second-order valence-electron chi connectivity index (χ2n) is 3.72. The second kappa shape index (κ2) is 3.52. The summed E-state index contributed by atoms with van der Waals surface area (Å²) < 4.78 is 5.51. The fraction of sp³-hybridized carbons (Fsp3) is 0. The molecule has 4 heteroatoms. The van der Waals surface area contributed by atoms with Crippen molar-refractivity contribution in [3.63, 3.8) is 0 Å². The van der Waals surface area contributed by atoms with E-state index in [2.05, 4.69) is 4.98 Å². The number of oxazole rings is 1. The molecule has 1 aromatic heterocycles. The van der Waals surface area contributed by atoms with Crippen LogP contribution < -0.4 is 0 Å². The summed E-state index contributed by atoms with van der Waals surface area (Å²) in [6.45, 7) is 0. The van der Waals surface area contributed by atoms with E-state index in [1.54, 1.807) is 36.4 Å². The highest BCUT2D eigenvalue weighted by Crippen LogP contribution is 2.28. The lowest BCUT2D eigenvalue weighted by Gasteiger charge is -1.95. The normalized spacial score (nSPS) is 10.8. The molecule has 0 saturated heterocycles. The highest BCUT2D eigenvalue weighted by atomic mass is 16.3. The first-order valence-corrected chi connectivity index (χ1v) is 5.11. The molecule has 0 unspecified atom stereocenters. The van der Waals surface area contributed by atoms with Gasteiger partial charge in [0.15, 0.2) is 5.58 Å². The molecular weight excluding hydrogens is 218 g/mol. The van der Waals surface area contributed by atoms with Gasteiger partial charge in [-0.05, 0) is 30.3 Å². The standard InChI is InChI=1S/C13H9NO3/c15-9-3-1-2-8(6-9)13-14-11-5-4-10(16)7-12(11)17-13/h1-7,15-16H. The van der Waals surface area contributed by atoms with Gasteiger partial charge in [0.25, 0.3) is 0 Å². The van der Waals surface area contributed by atoms with Crippen LogP contribution in [0.4, 0.5) is 0 Å². The van der Waals surface area contributed by atoms with E-state index in [9.17, 15) is 10.2 Å². The van der Waals surface area contributed by atoms with Crippen LogP contribution in [-0.4, -0.2) is 15.2 Å². The van der Waals surface area contributed by atoms with E-state index in [1.807, 2.05) is 0 Å². The van der Waals surface area contributed by atoms with E-state index in [4.69, 9.17) is 4.42 Å². The Hall–Kier alpha value is -2.49. The molecule has 4 nitrogen and oxygen atoms in total. The molecule has 0 radical (unpaired) electrons. The zero-order chi connectivity index (χ0) is 11.8. The van der Waals surface area contributed by atoms with Gasteiger partial charge < -0.3 is 14.6 Å². The number of fused-ring (bicyclic) bond motifs is 1. The SMILES string of the molecule is Oc1cccc(-c2nc3ccc(O)cc3o2)c1. The van der Waals surface area contributed by atoms with Gasteiger partial charge in [0.2, 0.25) is 5.89 Å². The minimum absolute atomic E-state index is 0.135. The number of hydrogen-bond donors (Lipinski definition) is 2. The molecule has 17 heavy (non-hydrogen) atoms. The number of aromatic nitrogens is 1. The first-order valence-electron chi connectivity index (χ1n) is 5.11. The number of nitrogens with zero attached hydrogens (tertiary/aromatic N) is 1. The lowest BCUT2D eigenvalue weighted by atomic mass is 10.2. The van der Waals surface area contributed by atoms with Crippen molar-refractivity contribution in [3.05, 3.63) is 42.5 Å². The molecule has 0 amide bonds. The number of benzene rings is 2. The van der Waals surface area contributed by atoms with Crippen LogP contribution in [0.5, 0.6) is 11.5 Å². The maximum Gasteiger partial charge on any atom is 0.227 e. The fourth-order valence-electron chi connectivity index (χ4n) is 1.68. The largest absolute Gasteiger partial charge is 0.508 e. The number of phenols is 2. The highest BCUT2D eigenvalue weighted by molar-refractivity contribution is 5.77. The number of aromatic hydroxyl groups is 2. The molecule has 3 rings (SSSR count). The van der Waals surface area contributed by atoms with Gasteiger partial charge in [-0.3, -0.25) is 0 Å². The first kappa shape index (κ1) is 9.72. The summed E-state index contributed by atoms with van der Waals surface area (Å²) in [6.07, 6.45) is 0. The topological polar surface area (TPSA) is 66.5 Å². The van der Waals surface area contributed by atoms with Crippen LogP contribution in [0, 0.1) is 0 Å². The van der Waals surface area contributed by atoms with Crippen molar-refractivity contribution in [2.45, 2.75) is 0 Å². The predicted molar refractivity (Wildman–Crippen MR) is 62.8 cm³/mol. The monoisotopic (exact) mass is 227 g/mol. The first-order chi connectivity index (χ1) is 8.22. The van der Waals surface area contributed by atoms with Crippen LogP contribution in [0.2, 0.25) is 0 Å². The van der Waals surface area contributed by atoms with Crippen LogP contribution in [-0.2, 0) is 0 Å². The Morgan fingerprint density at radius 1 is 0.941 bits per heavy atom. The molecule has 0 spiro atoms. The zero-order valence-corrected chi connectivity index (χ0v) is 8.79. The molecule has 0 fully saturated rings. The van der Waals surface area contributed by atoms with E-state index < -0.39 is 0 Å². The molecule has 2 aromatic carbocycles. The summed E-state index contributed by atoms with van der Waals surface area (Å²) in [5, 5.41) is 18.7. The quantitative estimate of drug-likeness (QED) is 0.670. The lowest BCUT2D eigenvalue weighted by molar-refractivity contribution is 0.473. The van der Waals surface area contributed by atoms with Crippen molar-refractivity contribution in [1.29, 1.82) is 0 Å². The van der Waals surface area contributed by atoms with E-state index in [1.165, 1.54) is 6.07 Å². The lowest BCUT2D eigenvalue weighted by Crippen LogP contribution is -1.75. The summed E-state index contributed by atoms with van der Waals surface area (Å²) in [4.78, 5) is 4.28. The molecular formula is C13H9NO3. The van der Waals surface area contributed by atoms with Crippen LogP contribution in [0.25, 0.3) is 22.6 Å². The van der Waals surface area contributed by atoms with Crippen LogP contribution in [0.15, 0.2) is 46.9 Å². The molecule has 0 atom stereocenters. The molecule has 0 saturated carbocycles. The molecule has 0 aliphatic heterocycles. The number of phenolic OH excluding ortho intramolecular Hbond substituents is 2. The molecule has 84 valence electrons. The number of rotatable bonds is 1. The minimum atomic E-state index is 0.135. The van der Waals surface area contributed by atoms with Gasteiger partial charge in [-0.1, -0.05) is 6.07 Å². The van der Waals surface area contributed by atoms with E-state index in [0.717, 1.165) is 0 Å². The maximum absolute atomic E-state index is 9.38. The molecule has 2 N–H and O–H groups in total. The Morgan fingerprint density at radius 3 is 2.59 bits per heavy atom. The third-order valence-electron chi connectivity index (χ3n) is 2.47. The molecule has 1 heterocycles. The average molecular weight is 227 g/mol. The Balaban J connectivity index is 2.18. The minimum Gasteiger partial charge on any atom is -0.508 e. The Morgan fingerprint density at radius 2 is 1.76 bits per heavy atom. The summed E-state index contributed by atoms with van der Waals surface area (Å²) in [7, 11) is 0. The van der Waals surface area contributed by atoms with Gasteiger partial charge in [-0.2, -0.15) is 0 Å². The van der Waals surface area contributed by atoms with Crippen molar-refractivity contribution in [1.82, 2.24) is 4.98 Å². The molecule has 0 aliphatic rings. The number of hydrogen-bond acceptors (Lipinski definition) is 4. The Labute approximate surface area is 96.8 Å². The molecule has 0 aliphatic carbocycles. The average Bonchev–Trinajstić information content (AvgIpc) is 2.72. The van der Waals surface area contributed by atoms with Gasteiger partial charge in [0, 0.05) is 11.6 Å². The van der Waals surface area contributed by atoms with Crippen molar-refractivity contribution < 1.29 is 14.6 Å². The van der Waals surface area contributed by atoms with Gasteiger partial charge >= 0.3 is 0 Å². The summed E-state index contributed by atoms with van der Waals surface area (Å²) in [5.41, 5.74) is 1.88. The van der Waals surface area contributed by atoms with Gasteiger partial charge in [-0.25, -0.2) is 4.98 Å². The smallest absolute Gasteiger partial charge is 0.227 e. The predicted octanol–water partition coefficient (Wildman–Crippen LogP) is 2.91. The summed E-state index contributed by atoms with van der Waals surface area (Å²) >= 11 is 0. The van der Waals surface area contributed by atoms with E-state index in [0.29, 0.717) is 22.6 Å². The van der Waals surface area contributed by atoms with Gasteiger partial charge in [0.05, 0.1) is 0 Å². The van der Waals surface area contributed by atoms with E-state index in [-0.39, 0.29) is 11.5 Å². The third kappa shape index (κ3) is 1.69.